The standard InChI is InChI=1S/C16H13ClF4N2O/c17-14-4-2-1-3-11(14)9-23-15(24)22-8-10-5-12(16(19,20)21)7-13(18)6-10/h1-7H,8-9H2,(H2,22,23,24). The minimum absolute atomic E-state index is 0.00946. The van der Waals surface area contributed by atoms with Crippen molar-refractivity contribution in [2.45, 2.75) is 19.3 Å². The molecule has 2 aromatic rings. The Hall–Kier alpha value is -2.28. The van der Waals surface area contributed by atoms with E-state index in [0.29, 0.717) is 16.7 Å². The fourth-order valence-electron chi connectivity index (χ4n) is 1.98. The maximum absolute atomic E-state index is 13.3. The van der Waals surface area contributed by atoms with Gasteiger partial charge < -0.3 is 10.6 Å². The molecule has 2 amide bonds. The van der Waals surface area contributed by atoms with E-state index in [-0.39, 0.29) is 18.7 Å². The van der Waals surface area contributed by atoms with Gasteiger partial charge in [0.25, 0.3) is 0 Å². The summed E-state index contributed by atoms with van der Waals surface area (Å²) in [6, 6.07) is 8.42. The fraction of sp³-hybridized carbons (Fsp3) is 0.188. The molecule has 0 aliphatic carbocycles. The predicted molar refractivity (Wildman–Crippen MR) is 81.9 cm³/mol. The Labute approximate surface area is 140 Å². The zero-order valence-corrected chi connectivity index (χ0v) is 13.0. The first kappa shape index (κ1) is 18.1. The molecule has 3 nitrogen and oxygen atoms in total. The molecule has 0 aliphatic heterocycles. The SMILES string of the molecule is O=C(NCc1cc(F)cc(C(F)(F)F)c1)NCc1ccccc1Cl. The second-order valence-electron chi connectivity index (χ2n) is 4.97. The van der Waals surface area contributed by atoms with Crippen LogP contribution in [0.2, 0.25) is 5.02 Å². The van der Waals surface area contributed by atoms with Crippen LogP contribution in [0.5, 0.6) is 0 Å². The van der Waals surface area contributed by atoms with Crippen molar-refractivity contribution in [1.82, 2.24) is 10.6 Å². The molecule has 0 atom stereocenters. The van der Waals surface area contributed by atoms with E-state index in [4.69, 9.17) is 11.6 Å². The zero-order valence-electron chi connectivity index (χ0n) is 12.3. The van der Waals surface area contributed by atoms with E-state index in [1.807, 2.05) is 0 Å². The Balaban J connectivity index is 1.92. The van der Waals surface area contributed by atoms with Crippen molar-refractivity contribution < 1.29 is 22.4 Å². The molecule has 0 saturated carbocycles. The second kappa shape index (κ2) is 7.53. The number of nitrogens with one attached hydrogen (secondary N) is 2. The Bertz CT molecular complexity index is 734. The third-order valence-electron chi connectivity index (χ3n) is 3.14. The van der Waals surface area contributed by atoms with Crippen LogP contribution in [0.3, 0.4) is 0 Å². The largest absolute Gasteiger partial charge is 0.416 e. The van der Waals surface area contributed by atoms with Crippen molar-refractivity contribution in [1.29, 1.82) is 0 Å². The average Bonchev–Trinajstić information content (AvgIpc) is 2.51. The number of carbonyl (C=O) groups excluding carboxylic acids is 1. The predicted octanol–water partition coefficient (Wildman–Crippen LogP) is 4.50. The molecular weight excluding hydrogens is 348 g/mol. The van der Waals surface area contributed by atoms with E-state index >= 15 is 0 Å². The van der Waals surface area contributed by atoms with Gasteiger partial charge in [0, 0.05) is 18.1 Å². The molecule has 2 N–H and O–H groups in total. The maximum atomic E-state index is 13.3. The Morgan fingerprint density at radius 2 is 1.71 bits per heavy atom. The molecular formula is C16H13ClF4N2O. The molecule has 0 bridgehead atoms. The van der Waals surface area contributed by atoms with Crippen LogP contribution in [0.1, 0.15) is 16.7 Å². The van der Waals surface area contributed by atoms with Crippen molar-refractivity contribution in [3.05, 3.63) is 70.0 Å². The number of hydrogen-bond donors (Lipinski definition) is 2. The van der Waals surface area contributed by atoms with Gasteiger partial charge in [-0.3, -0.25) is 0 Å². The molecule has 0 unspecified atom stereocenters. The lowest BCUT2D eigenvalue weighted by atomic mass is 10.1. The lowest BCUT2D eigenvalue weighted by molar-refractivity contribution is -0.137. The first-order valence-electron chi connectivity index (χ1n) is 6.87. The van der Waals surface area contributed by atoms with Crippen LogP contribution in [0, 0.1) is 5.82 Å². The summed E-state index contributed by atoms with van der Waals surface area (Å²) in [5, 5.41) is 5.37. The summed E-state index contributed by atoms with van der Waals surface area (Å²) in [6.07, 6.45) is -4.65. The van der Waals surface area contributed by atoms with Gasteiger partial charge in [0.15, 0.2) is 0 Å². The smallest absolute Gasteiger partial charge is 0.334 e. The highest BCUT2D eigenvalue weighted by Gasteiger charge is 2.31. The summed E-state index contributed by atoms with van der Waals surface area (Å²) in [7, 11) is 0. The minimum Gasteiger partial charge on any atom is -0.334 e. The summed E-state index contributed by atoms with van der Waals surface area (Å²) >= 11 is 5.94. The van der Waals surface area contributed by atoms with Gasteiger partial charge in [-0.15, -0.1) is 0 Å². The van der Waals surface area contributed by atoms with Gasteiger partial charge in [0.05, 0.1) is 5.56 Å². The van der Waals surface area contributed by atoms with Crippen LogP contribution in [0.4, 0.5) is 22.4 Å². The molecule has 24 heavy (non-hydrogen) atoms. The van der Waals surface area contributed by atoms with Crippen LogP contribution >= 0.6 is 11.6 Å². The molecule has 0 heterocycles. The number of amides is 2. The Morgan fingerprint density at radius 3 is 2.38 bits per heavy atom. The number of benzene rings is 2. The monoisotopic (exact) mass is 360 g/mol. The molecule has 0 spiro atoms. The van der Waals surface area contributed by atoms with Gasteiger partial charge in [-0.1, -0.05) is 29.8 Å². The number of rotatable bonds is 4. The fourth-order valence-corrected chi connectivity index (χ4v) is 2.18. The van der Waals surface area contributed by atoms with Gasteiger partial charge in [-0.25, -0.2) is 9.18 Å². The molecule has 2 rings (SSSR count). The first-order chi connectivity index (χ1) is 11.3. The first-order valence-corrected chi connectivity index (χ1v) is 7.25. The van der Waals surface area contributed by atoms with Crippen molar-refractivity contribution >= 4 is 17.6 Å². The minimum atomic E-state index is -4.65. The van der Waals surface area contributed by atoms with E-state index in [1.165, 1.54) is 0 Å². The lowest BCUT2D eigenvalue weighted by Crippen LogP contribution is -2.34. The molecule has 0 fully saturated rings. The highest BCUT2D eigenvalue weighted by Crippen LogP contribution is 2.30. The number of urea groups is 1. The van der Waals surface area contributed by atoms with Crippen molar-refractivity contribution in [3.8, 4) is 0 Å². The van der Waals surface area contributed by atoms with Gasteiger partial charge >= 0.3 is 12.2 Å². The van der Waals surface area contributed by atoms with Crippen LogP contribution in [0.25, 0.3) is 0 Å². The quantitative estimate of drug-likeness (QED) is 0.775. The van der Waals surface area contributed by atoms with Gasteiger partial charge in [0.1, 0.15) is 5.82 Å². The molecule has 0 radical (unpaired) electrons. The Kier molecular flexibility index (Phi) is 5.66. The molecule has 0 aromatic heterocycles. The number of alkyl halides is 3. The topological polar surface area (TPSA) is 41.1 Å². The van der Waals surface area contributed by atoms with Crippen molar-refractivity contribution in [3.63, 3.8) is 0 Å². The zero-order chi connectivity index (χ0) is 17.7. The number of halogens is 5. The Morgan fingerprint density at radius 1 is 1.04 bits per heavy atom. The molecule has 8 heteroatoms. The van der Waals surface area contributed by atoms with Crippen LogP contribution in [0.15, 0.2) is 42.5 Å². The summed E-state index contributed by atoms with van der Waals surface area (Å²) in [4.78, 5) is 11.7. The van der Waals surface area contributed by atoms with Gasteiger partial charge in [-0.2, -0.15) is 13.2 Å². The molecule has 2 aromatic carbocycles. The summed E-state index contributed by atoms with van der Waals surface area (Å²) in [5.74, 6) is -1.02. The second-order valence-corrected chi connectivity index (χ2v) is 5.38. The molecule has 0 aliphatic rings. The third-order valence-corrected chi connectivity index (χ3v) is 3.50. The third kappa shape index (κ3) is 5.13. The highest BCUT2D eigenvalue weighted by atomic mass is 35.5. The highest BCUT2D eigenvalue weighted by molar-refractivity contribution is 6.31. The van der Waals surface area contributed by atoms with Gasteiger partial charge in [0.2, 0.25) is 0 Å². The van der Waals surface area contributed by atoms with E-state index in [2.05, 4.69) is 10.6 Å². The normalized spacial score (nSPS) is 11.2. The summed E-state index contributed by atoms with van der Waals surface area (Å²) in [6.45, 7) is -0.0857. The van der Waals surface area contributed by atoms with E-state index in [0.717, 1.165) is 12.1 Å². The van der Waals surface area contributed by atoms with Crippen LogP contribution in [-0.2, 0) is 19.3 Å². The van der Waals surface area contributed by atoms with E-state index in [1.54, 1.807) is 24.3 Å². The lowest BCUT2D eigenvalue weighted by Gasteiger charge is -2.11. The van der Waals surface area contributed by atoms with Gasteiger partial charge in [-0.05, 0) is 35.4 Å². The van der Waals surface area contributed by atoms with Crippen LogP contribution in [-0.4, -0.2) is 6.03 Å². The van der Waals surface area contributed by atoms with E-state index in [9.17, 15) is 22.4 Å². The van der Waals surface area contributed by atoms with Crippen molar-refractivity contribution in [2.24, 2.45) is 0 Å². The van der Waals surface area contributed by atoms with Crippen LogP contribution < -0.4 is 10.6 Å². The number of carbonyl (C=O) groups is 1. The van der Waals surface area contributed by atoms with Crippen molar-refractivity contribution in [2.75, 3.05) is 0 Å². The summed E-state index contributed by atoms with van der Waals surface area (Å²) in [5.41, 5.74) is -0.398. The average molecular weight is 361 g/mol. The number of hydrogen-bond acceptors (Lipinski definition) is 1. The maximum Gasteiger partial charge on any atom is 0.416 e. The van der Waals surface area contributed by atoms with E-state index < -0.39 is 23.6 Å². The molecule has 0 saturated heterocycles. The molecule has 128 valence electrons. The summed E-state index contributed by atoms with van der Waals surface area (Å²) < 4.78 is 51.1.